The molecule has 1 aromatic heterocycles. The van der Waals surface area contributed by atoms with Crippen LogP contribution in [0.3, 0.4) is 0 Å². The number of pyridine rings is 1. The lowest BCUT2D eigenvalue weighted by molar-refractivity contribution is -0.0389. The SMILES string of the molecule is Cc1ccc(CN2CCC(O)(CN(C)C(=O)c3cccnc3Cl)CC2)cc1. The normalized spacial score (nSPS) is 16.9. The van der Waals surface area contributed by atoms with Gasteiger partial charge < -0.3 is 10.0 Å². The maximum Gasteiger partial charge on any atom is 0.256 e. The summed E-state index contributed by atoms with van der Waals surface area (Å²) in [5.41, 5.74) is 2.03. The molecular weight excluding hydrogens is 362 g/mol. The van der Waals surface area contributed by atoms with Gasteiger partial charge in [-0.15, -0.1) is 0 Å². The van der Waals surface area contributed by atoms with Gasteiger partial charge in [0.25, 0.3) is 5.91 Å². The molecule has 0 saturated carbocycles. The minimum Gasteiger partial charge on any atom is -0.388 e. The average molecular weight is 388 g/mol. The van der Waals surface area contributed by atoms with E-state index in [0.29, 0.717) is 18.4 Å². The molecule has 27 heavy (non-hydrogen) atoms. The number of aliphatic hydroxyl groups is 1. The number of aromatic nitrogens is 1. The monoisotopic (exact) mass is 387 g/mol. The van der Waals surface area contributed by atoms with E-state index >= 15 is 0 Å². The van der Waals surface area contributed by atoms with Crippen LogP contribution >= 0.6 is 11.6 Å². The summed E-state index contributed by atoms with van der Waals surface area (Å²) in [7, 11) is 1.70. The van der Waals surface area contributed by atoms with Gasteiger partial charge >= 0.3 is 0 Å². The minimum atomic E-state index is -0.872. The van der Waals surface area contributed by atoms with Crippen molar-refractivity contribution < 1.29 is 9.90 Å². The molecule has 5 nitrogen and oxygen atoms in total. The summed E-state index contributed by atoms with van der Waals surface area (Å²) in [6.07, 6.45) is 2.82. The fourth-order valence-electron chi connectivity index (χ4n) is 3.50. The number of halogens is 1. The van der Waals surface area contributed by atoms with E-state index in [9.17, 15) is 9.90 Å². The molecule has 1 saturated heterocycles. The van der Waals surface area contributed by atoms with E-state index in [1.54, 1.807) is 30.3 Å². The summed E-state index contributed by atoms with van der Waals surface area (Å²) in [6, 6.07) is 11.9. The van der Waals surface area contributed by atoms with E-state index in [4.69, 9.17) is 11.6 Å². The summed E-state index contributed by atoms with van der Waals surface area (Å²) < 4.78 is 0. The minimum absolute atomic E-state index is 0.189. The second-order valence-corrected chi connectivity index (χ2v) is 7.85. The number of carbonyl (C=O) groups excluding carboxylic acids is 1. The zero-order chi connectivity index (χ0) is 19.4. The Morgan fingerprint density at radius 1 is 1.26 bits per heavy atom. The highest BCUT2D eigenvalue weighted by atomic mass is 35.5. The highest BCUT2D eigenvalue weighted by Crippen LogP contribution is 2.25. The highest BCUT2D eigenvalue weighted by Gasteiger charge is 2.34. The zero-order valence-corrected chi connectivity index (χ0v) is 16.6. The van der Waals surface area contributed by atoms with Crippen LogP contribution in [0.2, 0.25) is 5.15 Å². The maximum absolute atomic E-state index is 12.6. The number of likely N-dealkylation sites (tertiary alicyclic amines) is 1. The van der Waals surface area contributed by atoms with Crippen molar-refractivity contribution in [2.45, 2.75) is 31.9 Å². The fraction of sp³-hybridized carbons (Fsp3) is 0.429. The molecule has 6 heteroatoms. The quantitative estimate of drug-likeness (QED) is 0.801. The Kier molecular flexibility index (Phi) is 6.15. The van der Waals surface area contributed by atoms with E-state index in [-0.39, 0.29) is 17.6 Å². The Morgan fingerprint density at radius 3 is 2.56 bits per heavy atom. The van der Waals surface area contributed by atoms with Crippen LogP contribution in [0.4, 0.5) is 0 Å². The van der Waals surface area contributed by atoms with E-state index < -0.39 is 5.60 Å². The second-order valence-electron chi connectivity index (χ2n) is 7.49. The van der Waals surface area contributed by atoms with Gasteiger partial charge in [-0.05, 0) is 37.5 Å². The molecule has 0 radical (unpaired) electrons. The summed E-state index contributed by atoms with van der Waals surface area (Å²) in [5.74, 6) is -0.219. The molecule has 144 valence electrons. The zero-order valence-electron chi connectivity index (χ0n) is 15.9. The predicted molar refractivity (Wildman–Crippen MR) is 107 cm³/mol. The Balaban J connectivity index is 1.55. The predicted octanol–water partition coefficient (Wildman–Crippen LogP) is 3.14. The summed E-state index contributed by atoms with van der Waals surface area (Å²) >= 11 is 6.02. The third-order valence-corrected chi connectivity index (χ3v) is 5.48. The lowest BCUT2D eigenvalue weighted by Gasteiger charge is -2.40. The number of hydrogen-bond acceptors (Lipinski definition) is 4. The van der Waals surface area contributed by atoms with Crippen molar-refractivity contribution in [3.8, 4) is 0 Å². The summed E-state index contributed by atoms with van der Waals surface area (Å²) in [5, 5.41) is 11.1. The molecule has 0 spiro atoms. The molecule has 0 atom stereocenters. The third kappa shape index (κ3) is 5.06. The van der Waals surface area contributed by atoms with Crippen LogP contribution in [0.5, 0.6) is 0 Å². The van der Waals surface area contributed by atoms with Crippen LogP contribution < -0.4 is 0 Å². The number of aryl methyl sites for hydroxylation is 1. The number of nitrogens with zero attached hydrogens (tertiary/aromatic N) is 3. The van der Waals surface area contributed by atoms with Crippen LogP contribution in [0.25, 0.3) is 0 Å². The van der Waals surface area contributed by atoms with Crippen LogP contribution in [0.1, 0.15) is 34.3 Å². The molecule has 1 amide bonds. The molecule has 3 rings (SSSR count). The van der Waals surface area contributed by atoms with Gasteiger partial charge in [-0.3, -0.25) is 9.69 Å². The van der Waals surface area contributed by atoms with Gasteiger partial charge in [0.05, 0.1) is 11.2 Å². The van der Waals surface area contributed by atoms with Gasteiger partial charge in [0.2, 0.25) is 0 Å². The molecule has 0 bridgehead atoms. The molecule has 1 aliphatic rings. The van der Waals surface area contributed by atoms with Gasteiger partial charge in [0.1, 0.15) is 5.15 Å². The van der Waals surface area contributed by atoms with Gasteiger partial charge in [0, 0.05) is 39.4 Å². The van der Waals surface area contributed by atoms with Crippen molar-refractivity contribution in [1.82, 2.24) is 14.8 Å². The molecular formula is C21H26ClN3O2. The maximum atomic E-state index is 12.6. The van der Waals surface area contributed by atoms with E-state index in [1.165, 1.54) is 11.1 Å². The number of piperidine rings is 1. The molecule has 2 heterocycles. The number of carbonyl (C=O) groups is 1. The second kappa shape index (κ2) is 8.38. The Hall–Kier alpha value is -1.95. The van der Waals surface area contributed by atoms with Crippen LogP contribution in [0.15, 0.2) is 42.6 Å². The molecule has 2 aromatic rings. The lowest BCUT2D eigenvalue weighted by atomic mass is 9.90. The Morgan fingerprint density at radius 2 is 1.93 bits per heavy atom. The summed E-state index contributed by atoms with van der Waals surface area (Å²) in [6.45, 7) is 4.87. The Labute approximate surface area is 165 Å². The number of likely N-dealkylation sites (N-methyl/N-ethyl adjacent to an activating group) is 1. The number of rotatable bonds is 5. The first-order valence-electron chi connectivity index (χ1n) is 9.23. The third-order valence-electron chi connectivity index (χ3n) is 5.18. The van der Waals surface area contributed by atoms with Crippen molar-refractivity contribution in [1.29, 1.82) is 0 Å². The molecule has 1 N–H and O–H groups in total. The van der Waals surface area contributed by atoms with Gasteiger partial charge in [-0.25, -0.2) is 4.98 Å². The fourth-order valence-corrected chi connectivity index (χ4v) is 3.70. The smallest absolute Gasteiger partial charge is 0.256 e. The summed E-state index contributed by atoms with van der Waals surface area (Å²) in [4.78, 5) is 20.4. The van der Waals surface area contributed by atoms with Crippen molar-refractivity contribution in [2.75, 3.05) is 26.7 Å². The average Bonchev–Trinajstić information content (AvgIpc) is 2.65. The van der Waals surface area contributed by atoms with Crippen molar-refractivity contribution in [3.05, 3.63) is 64.4 Å². The van der Waals surface area contributed by atoms with Crippen LogP contribution in [0, 0.1) is 6.92 Å². The van der Waals surface area contributed by atoms with Crippen LogP contribution in [-0.2, 0) is 6.54 Å². The largest absolute Gasteiger partial charge is 0.388 e. The number of amides is 1. The molecule has 0 aliphatic carbocycles. The first-order valence-corrected chi connectivity index (χ1v) is 9.60. The first kappa shape index (κ1) is 19.8. The molecule has 1 aliphatic heterocycles. The molecule has 0 unspecified atom stereocenters. The first-order chi connectivity index (χ1) is 12.9. The molecule has 1 fully saturated rings. The van der Waals surface area contributed by atoms with Gasteiger partial charge in [0.15, 0.2) is 0 Å². The van der Waals surface area contributed by atoms with Crippen LogP contribution in [-0.4, -0.2) is 58.1 Å². The van der Waals surface area contributed by atoms with Crippen molar-refractivity contribution in [3.63, 3.8) is 0 Å². The van der Waals surface area contributed by atoms with Gasteiger partial charge in [-0.1, -0.05) is 41.4 Å². The topological polar surface area (TPSA) is 56.7 Å². The standard InChI is InChI=1S/C21H26ClN3O2/c1-16-5-7-17(8-6-16)14-25-12-9-21(27,10-13-25)15-24(2)20(26)18-4-3-11-23-19(18)22/h3-8,11,27H,9-10,12-15H2,1-2H3. The van der Waals surface area contributed by atoms with E-state index in [2.05, 4.69) is 41.1 Å². The number of hydrogen-bond donors (Lipinski definition) is 1. The van der Waals surface area contributed by atoms with Gasteiger partial charge in [-0.2, -0.15) is 0 Å². The number of benzene rings is 1. The highest BCUT2D eigenvalue weighted by molar-refractivity contribution is 6.32. The van der Waals surface area contributed by atoms with E-state index in [1.807, 2.05) is 0 Å². The lowest BCUT2D eigenvalue weighted by Crippen LogP contribution is -2.51. The van der Waals surface area contributed by atoms with E-state index in [0.717, 1.165) is 19.6 Å². The van der Waals surface area contributed by atoms with Crippen molar-refractivity contribution >= 4 is 17.5 Å². The Bertz CT molecular complexity index is 786. The molecule has 1 aromatic carbocycles. The van der Waals surface area contributed by atoms with Crippen molar-refractivity contribution in [2.24, 2.45) is 0 Å².